The molecule has 0 aromatic carbocycles. The zero-order chi connectivity index (χ0) is 14.4. The molecule has 4 nitrogen and oxygen atoms in total. The maximum absolute atomic E-state index is 4.63. The van der Waals surface area contributed by atoms with Crippen molar-refractivity contribution in [1.82, 2.24) is 9.97 Å². The third-order valence-corrected chi connectivity index (χ3v) is 3.60. The molecule has 0 aliphatic carbocycles. The highest BCUT2D eigenvalue weighted by atomic mass is 15.2. The Kier molecular flexibility index (Phi) is 6.06. The number of hydrogen-bond acceptors (Lipinski definition) is 4. The van der Waals surface area contributed by atoms with Crippen molar-refractivity contribution in [1.29, 1.82) is 0 Å². The number of hydrogen-bond donors (Lipinski definition) is 1. The number of nitrogens with zero attached hydrogens (tertiary/aromatic N) is 3. The lowest BCUT2D eigenvalue weighted by molar-refractivity contribution is 0.584. The van der Waals surface area contributed by atoms with E-state index in [9.17, 15) is 0 Å². The van der Waals surface area contributed by atoms with E-state index in [2.05, 4.69) is 54.9 Å². The summed E-state index contributed by atoms with van der Waals surface area (Å²) in [5, 5.41) is 3.40. The van der Waals surface area contributed by atoms with Crippen molar-refractivity contribution in [2.75, 3.05) is 23.8 Å². The fourth-order valence-corrected chi connectivity index (χ4v) is 2.38. The van der Waals surface area contributed by atoms with Gasteiger partial charge in [0.2, 0.25) is 0 Å². The van der Waals surface area contributed by atoms with E-state index in [1.54, 1.807) is 0 Å². The Morgan fingerprint density at radius 1 is 1.11 bits per heavy atom. The zero-order valence-electron chi connectivity index (χ0n) is 13.2. The van der Waals surface area contributed by atoms with Crippen molar-refractivity contribution >= 4 is 11.6 Å². The zero-order valence-corrected chi connectivity index (χ0v) is 13.2. The van der Waals surface area contributed by atoms with Crippen LogP contribution in [0.5, 0.6) is 0 Å². The molecule has 1 aromatic rings. The molecule has 1 N–H and O–H groups in total. The maximum Gasteiger partial charge on any atom is 0.137 e. The first kappa shape index (κ1) is 15.7. The van der Waals surface area contributed by atoms with Gasteiger partial charge >= 0.3 is 0 Å². The first-order valence-corrected chi connectivity index (χ1v) is 7.36. The van der Waals surface area contributed by atoms with Gasteiger partial charge in [-0.3, -0.25) is 0 Å². The second-order valence-electron chi connectivity index (χ2n) is 5.08. The Morgan fingerprint density at radius 2 is 1.74 bits per heavy atom. The largest absolute Gasteiger partial charge is 0.370 e. The molecular formula is C15H28N4. The molecule has 4 heteroatoms. The molecule has 108 valence electrons. The first-order valence-electron chi connectivity index (χ1n) is 7.36. The smallest absolute Gasteiger partial charge is 0.137 e. The third kappa shape index (κ3) is 3.82. The second kappa shape index (κ2) is 7.31. The fourth-order valence-electron chi connectivity index (χ4n) is 2.38. The van der Waals surface area contributed by atoms with Crippen LogP contribution in [0.25, 0.3) is 0 Å². The van der Waals surface area contributed by atoms with Gasteiger partial charge in [0.25, 0.3) is 0 Å². The van der Waals surface area contributed by atoms with Crippen molar-refractivity contribution in [3.8, 4) is 0 Å². The van der Waals surface area contributed by atoms with Crippen LogP contribution >= 0.6 is 0 Å². The van der Waals surface area contributed by atoms with Gasteiger partial charge in [0.05, 0.1) is 0 Å². The molecule has 0 saturated heterocycles. The lowest BCUT2D eigenvalue weighted by Crippen LogP contribution is -2.32. The van der Waals surface area contributed by atoms with Crippen molar-refractivity contribution in [2.45, 2.75) is 59.9 Å². The van der Waals surface area contributed by atoms with Crippen LogP contribution in [0.1, 0.15) is 51.4 Å². The van der Waals surface area contributed by atoms with Gasteiger partial charge in [0, 0.05) is 25.2 Å². The molecule has 19 heavy (non-hydrogen) atoms. The van der Waals surface area contributed by atoms with E-state index in [0.717, 1.165) is 48.8 Å². The van der Waals surface area contributed by atoms with Gasteiger partial charge < -0.3 is 10.2 Å². The van der Waals surface area contributed by atoms with Gasteiger partial charge in [-0.25, -0.2) is 9.97 Å². The van der Waals surface area contributed by atoms with E-state index in [1.165, 1.54) is 0 Å². The van der Waals surface area contributed by atoms with E-state index < -0.39 is 0 Å². The highest BCUT2D eigenvalue weighted by Gasteiger charge is 2.17. The lowest BCUT2D eigenvalue weighted by Gasteiger charge is -2.29. The Hall–Kier alpha value is -1.32. The molecular weight excluding hydrogens is 236 g/mol. The van der Waals surface area contributed by atoms with Crippen molar-refractivity contribution in [3.05, 3.63) is 11.4 Å². The number of aryl methyl sites for hydroxylation is 1. The molecule has 0 amide bonds. The van der Waals surface area contributed by atoms with Crippen molar-refractivity contribution in [3.63, 3.8) is 0 Å². The van der Waals surface area contributed by atoms with E-state index in [-0.39, 0.29) is 0 Å². The standard InChI is InChI=1S/C15H28N4/c1-7-10-16-14-11(4)15(18-12(5)17-14)19(6)13(8-2)9-3/h13H,7-10H2,1-6H3,(H,16,17,18). The average Bonchev–Trinajstić information content (AvgIpc) is 2.40. The number of nitrogens with one attached hydrogen (secondary N) is 1. The molecule has 1 rings (SSSR count). The van der Waals surface area contributed by atoms with Crippen LogP contribution < -0.4 is 10.2 Å². The predicted octanol–water partition coefficient (Wildman–Crippen LogP) is 3.54. The van der Waals surface area contributed by atoms with Gasteiger partial charge in [0.15, 0.2) is 0 Å². The summed E-state index contributed by atoms with van der Waals surface area (Å²) in [4.78, 5) is 11.4. The van der Waals surface area contributed by atoms with E-state index in [1.807, 2.05) is 6.92 Å². The summed E-state index contributed by atoms with van der Waals surface area (Å²) in [6.07, 6.45) is 3.36. The van der Waals surface area contributed by atoms with Crippen LogP contribution in [0.15, 0.2) is 0 Å². The Morgan fingerprint density at radius 3 is 2.26 bits per heavy atom. The van der Waals surface area contributed by atoms with Crippen LogP contribution in [0.2, 0.25) is 0 Å². The van der Waals surface area contributed by atoms with Gasteiger partial charge in [-0.1, -0.05) is 20.8 Å². The van der Waals surface area contributed by atoms with E-state index in [0.29, 0.717) is 6.04 Å². The van der Waals surface area contributed by atoms with Crippen LogP contribution in [-0.4, -0.2) is 29.6 Å². The molecule has 0 bridgehead atoms. The van der Waals surface area contributed by atoms with Crippen LogP contribution in [-0.2, 0) is 0 Å². The predicted molar refractivity (Wildman–Crippen MR) is 83.1 cm³/mol. The summed E-state index contributed by atoms with van der Waals surface area (Å²) in [6, 6.07) is 0.534. The van der Waals surface area contributed by atoms with Gasteiger partial charge in [-0.2, -0.15) is 0 Å². The maximum atomic E-state index is 4.63. The van der Waals surface area contributed by atoms with Gasteiger partial charge in [-0.05, 0) is 33.1 Å². The summed E-state index contributed by atoms with van der Waals surface area (Å²) in [5.74, 6) is 2.86. The quantitative estimate of drug-likeness (QED) is 0.818. The molecule has 1 heterocycles. The van der Waals surface area contributed by atoms with E-state index in [4.69, 9.17) is 0 Å². The van der Waals surface area contributed by atoms with E-state index >= 15 is 0 Å². The summed E-state index contributed by atoms with van der Waals surface area (Å²) >= 11 is 0. The fraction of sp³-hybridized carbons (Fsp3) is 0.733. The van der Waals surface area contributed by atoms with Crippen LogP contribution in [0.4, 0.5) is 11.6 Å². The minimum absolute atomic E-state index is 0.534. The number of rotatable bonds is 7. The molecule has 0 radical (unpaired) electrons. The molecule has 0 saturated carbocycles. The highest BCUT2D eigenvalue weighted by Crippen LogP contribution is 2.25. The second-order valence-corrected chi connectivity index (χ2v) is 5.08. The third-order valence-electron chi connectivity index (χ3n) is 3.60. The molecule has 1 aromatic heterocycles. The van der Waals surface area contributed by atoms with Crippen molar-refractivity contribution < 1.29 is 0 Å². The summed E-state index contributed by atoms with van der Waals surface area (Å²) in [6.45, 7) is 11.6. The SMILES string of the molecule is CCCNc1nc(C)nc(N(C)C(CC)CC)c1C. The molecule has 0 atom stereocenters. The van der Waals surface area contributed by atoms with Crippen molar-refractivity contribution in [2.24, 2.45) is 0 Å². The minimum atomic E-state index is 0.534. The Bertz CT molecular complexity index is 399. The minimum Gasteiger partial charge on any atom is -0.370 e. The normalized spacial score (nSPS) is 10.9. The lowest BCUT2D eigenvalue weighted by atomic mass is 10.1. The number of anilines is 2. The number of aromatic nitrogens is 2. The van der Waals surface area contributed by atoms with Gasteiger partial charge in [-0.15, -0.1) is 0 Å². The topological polar surface area (TPSA) is 41.1 Å². The molecule has 0 spiro atoms. The molecule has 0 aliphatic rings. The molecule has 0 aliphatic heterocycles. The Balaban J connectivity index is 3.09. The molecule has 0 unspecified atom stereocenters. The van der Waals surface area contributed by atoms with Gasteiger partial charge in [0.1, 0.15) is 17.5 Å². The van der Waals surface area contributed by atoms with Crippen LogP contribution in [0.3, 0.4) is 0 Å². The monoisotopic (exact) mass is 264 g/mol. The first-order chi connectivity index (χ1) is 9.04. The summed E-state index contributed by atoms with van der Waals surface area (Å²) in [7, 11) is 2.13. The highest BCUT2D eigenvalue weighted by molar-refractivity contribution is 5.58. The average molecular weight is 264 g/mol. The van der Waals surface area contributed by atoms with Crippen LogP contribution in [0, 0.1) is 13.8 Å². The summed E-state index contributed by atoms with van der Waals surface area (Å²) < 4.78 is 0. The molecule has 0 fully saturated rings. The Labute approximate surface area is 117 Å². The summed E-state index contributed by atoms with van der Waals surface area (Å²) in [5.41, 5.74) is 1.15.